The average molecular weight is 852 g/mol. The van der Waals surface area contributed by atoms with Gasteiger partial charge in [-0.3, -0.25) is 4.79 Å². The van der Waals surface area contributed by atoms with Crippen molar-refractivity contribution in [3.63, 3.8) is 0 Å². The molecule has 0 radical (unpaired) electrons. The van der Waals surface area contributed by atoms with E-state index in [1.165, 1.54) is 193 Å². The van der Waals surface area contributed by atoms with Gasteiger partial charge in [-0.1, -0.05) is 206 Å². The van der Waals surface area contributed by atoms with Gasteiger partial charge in [-0.25, -0.2) is 0 Å². The minimum Gasteiger partial charge on any atom is -0.375 e. The third kappa shape index (κ3) is 42.6. The monoisotopic (exact) mass is 852 g/mol. The molecule has 0 saturated carbocycles. The highest BCUT2D eigenvalue weighted by atomic mass is 16.7. The van der Waals surface area contributed by atoms with Crippen molar-refractivity contribution in [2.75, 3.05) is 32.9 Å². The second kappa shape index (κ2) is 44.9. The summed E-state index contributed by atoms with van der Waals surface area (Å²) in [6.07, 6.45) is 47.1. The van der Waals surface area contributed by atoms with Crippen LogP contribution in [0.15, 0.2) is 0 Å². The highest BCUT2D eigenvalue weighted by molar-refractivity contribution is 5.76. The van der Waals surface area contributed by atoms with Crippen molar-refractivity contribution in [3.05, 3.63) is 0 Å². The van der Waals surface area contributed by atoms with Crippen molar-refractivity contribution in [3.8, 4) is 0 Å². The highest BCUT2D eigenvalue weighted by Gasteiger charge is 2.26. The summed E-state index contributed by atoms with van der Waals surface area (Å²) in [5.41, 5.74) is -0.339. The third-order valence-corrected chi connectivity index (χ3v) is 12.3. The third-order valence-electron chi connectivity index (χ3n) is 12.3. The lowest BCUT2D eigenvalue weighted by Crippen LogP contribution is -2.36. The number of carbonyl (C=O) groups excluding carboxylic acids is 1. The molecule has 6 heteroatoms. The zero-order chi connectivity index (χ0) is 44.2. The summed E-state index contributed by atoms with van der Waals surface area (Å²) in [5.74, 6) is 0.349. The van der Waals surface area contributed by atoms with Crippen LogP contribution in [0.25, 0.3) is 0 Å². The molecule has 60 heavy (non-hydrogen) atoms. The Balaban J connectivity index is 4.51. The van der Waals surface area contributed by atoms with Crippen molar-refractivity contribution in [1.82, 2.24) is 4.90 Å². The van der Waals surface area contributed by atoms with Gasteiger partial charge in [-0.2, -0.15) is 0 Å². The van der Waals surface area contributed by atoms with Crippen LogP contribution in [-0.4, -0.2) is 67.8 Å². The molecule has 0 aromatic heterocycles. The van der Waals surface area contributed by atoms with Crippen LogP contribution in [0.4, 0.5) is 0 Å². The number of unbranched alkanes of at least 4 members (excludes halogenated alkanes) is 31. The van der Waals surface area contributed by atoms with E-state index in [0.717, 1.165) is 45.2 Å². The molecule has 0 aliphatic carbocycles. The van der Waals surface area contributed by atoms with Gasteiger partial charge in [0.2, 0.25) is 5.91 Å². The number of hydrogen-bond acceptors (Lipinski definition) is 5. The first kappa shape index (κ1) is 59.3. The molecule has 0 rings (SSSR count). The molecule has 1 amide bonds. The summed E-state index contributed by atoms with van der Waals surface area (Å²) in [5, 5.41) is 0. The van der Waals surface area contributed by atoms with E-state index >= 15 is 0 Å². The molecule has 0 aromatic carbocycles. The maximum Gasteiger partial charge on any atom is 0.222 e. The smallest absolute Gasteiger partial charge is 0.222 e. The molecule has 0 bridgehead atoms. The lowest BCUT2D eigenvalue weighted by atomic mass is 10.0. The largest absolute Gasteiger partial charge is 0.375 e. The Kier molecular flexibility index (Phi) is 44.4. The SMILES string of the molecule is CCCCCCCCCCCCCCCCCCN(CCCCCCCCCCCCCCCCCC)C(=O)CCCCOC(C)(C)CC(COC(C)OCC)OC(C)C. The van der Waals surface area contributed by atoms with Crippen LogP contribution < -0.4 is 0 Å². The summed E-state index contributed by atoms with van der Waals surface area (Å²) in [4.78, 5) is 15.8. The Hall–Kier alpha value is -0.690. The van der Waals surface area contributed by atoms with Gasteiger partial charge in [0.25, 0.3) is 0 Å². The van der Waals surface area contributed by atoms with Crippen LogP contribution >= 0.6 is 0 Å². The molecule has 2 atom stereocenters. The predicted octanol–water partition coefficient (Wildman–Crippen LogP) is 16.9. The van der Waals surface area contributed by atoms with Gasteiger partial charge in [0.15, 0.2) is 6.29 Å². The molecule has 6 nitrogen and oxygen atoms in total. The average Bonchev–Trinajstić information content (AvgIpc) is 3.21. The van der Waals surface area contributed by atoms with E-state index in [9.17, 15) is 4.79 Å². The van der Waals surface area contributed by atoms with Crippen LogP contribution in [0.1, 0.15) is 287 Å². The fourth-order valence-electron chi connectivity index (χ4n) is 8.61. The second-order valence-corrected chi connectivity index (χ2v) is 19.4. The van der Waals surface area contributed by atoms with Gasteiger partial charge in [-0.05, 0) is 67.2 Å². The zero-order valence-corrected chi connectivity index (χ0v) is 42.2. The van der Waals surface area contributed by atoms with E-state index in [4.69, 9.17) is 18.9 Å². The molecule has 0 saturated heterocycles. The summed E-state index contributed by atoms with van der Waals surface area (Å²) < 4.78 is 24.0. The molecule has 0 aliphatic heterocycles. The molecule has 2 unspecified atom stereocenters. The summed E-state index contributed by atoms with van der Waals surface area (Å²) in [6.45, 7) is 20.5. The van der Waals surface area contributed by atoms with E-state index in [0.29, 0.717) is 32.1 Å². The Morgan fingerprint density at radius 1 is 0.483 bits per heavy atom. The van der Waals surface area contributed by atoms with Gasteiger partial charge in [-0.15, -0.1) is 0 Å². The normalized spacial score (nSPS) is 13.1. The molecule has 0 fully saturated rings. The first-order chi connectivity index (χ1) is 29.1. The van der Waals surface area contributed by atoms with Gasteiger partial charge >= 0.3 is 0 Å². The molecule has 0 aromatic rings. The highest BCUT2D eigenvalue weighted by Crippen LogP contribution is 2.22. The fourth-order valence-corrected chi connectivity index (χ4v) is 8.61. The summed E-state index contributed by atoms with van der Waals surface area (Å²) >= 11 is 0. The Morgan fingerprint density at radius 2 is 0.850 bits per heavy atom. The van der Waals surface area contributed by atoms with Gasteiger partial charge in [0.05, 0.1) is 24.4 Å². The minimum atomic E-state index is -0.339. The van der Waals surface area contributed by atoms with E-state index in [2.05, 4.69) is 46.4 Å². The summed E-state index contributed by atoms with van der Waals surface area (Å²) in [7, 11) is 0. The van der Waals surface area contributed by atoms with Gasteiger partial charge in [0.1, 0.15) is 0 Å². The number of amides is 1. The number of rotatable bonds is 49. The van der Waals surface area contributed by atoms with Crippen molar-refractivity contribution in [1.29, 1.82) is 0 Å². The van der Waals surface area contributed by atoms with Crippen molar-refractivity contribution in [2.45, 2.75) is 311 Å². The van der Waals surface area contributed by atoms with Crippen LogP contribution in [0.5, 0.6) is 0 Å². The van der Waals surface area contributed by atoms with Crippen molar-refractivity contribution in [2.24, 2.45) is 0 Å². The number of hydrogen-bond donors (Lipinski definition) is 0. The Bertz CT molecular complexity index is 829. The zero-order valence-electron chi connectivity index (χ0n) is 42.2. The predicted molar refractivity (Wildman–Crippen MR) is 261 cm³/mol. The fraction of sp³-hybridized carbons (Fsp3) is 0.981. The molecule has 0 N–H and O–H groups in total. The topological polar surface area (TPSA) is 57.2 Å². The van der Waals surface area contributed by atoms with Gasteiger partial charge < -0.3 is 23.8 Å². The molecule has 0 aliphatic rings. The quantitative estimate of drug-likeness (QED) is 0.0451. The lowest BCUT2D eigenvalue weighted by molar-refractivity contribution is -0.166. The first-order valence-electron chi connectivity index (χ1n) is 27.0. The minimum absolute atomic E-state index is 0.0629. The van der Waals surface area contributed by atoms with Crippen LogP contribution in [0.3, 0.4) is 0 Å². The molecular formula is C54H109NO5. The first-order valence-corrected chi connectivity index (χ1v) is 27.0. The molecule has 0 spiro atoms. The van der Waals surface area contributed by atoms with Crippen LogP contribution in [0, 0.1) is 0 Å². The van der Waals surface area contributed by atoms with E-state index in [-0.39, 0.29) is 24.1 Å². The van der Waals surface area contributed by atoms with E-state index in [1.54, 1.807) is 0 Å². The molecular weight excluding hydrogens is 743 g/mol. The molecule has 0 heterocycles. The van der Waals surface area contributed by atoms with E-state index < -0.39 is 0 Å². The number of ether oxygens (including phenoxy) is 4. The molecule has 360 valence electrons. The maximum absolute atomic E-state index is 13.6. The number of carbonyl (C=O) groups is 1. The Morgan fingerprint density at radius 3 is 1.20 bits per heavy atom. The standard InChI is InChI=1S/C54H109NO5/c1-9-12-14-16-18-20-22-24-26-28-30-32-34-36-38-41-45-55(46-42-39-37-35-33-31-29-27-25-23-21-19-17-15-13-10-2)53(56)44-40-43-47-59-54(7,8)48-52(60-50(4)5)49-58-51(6)57-11-3/h50-52H,9-49H2,1-8H3. The van der Waals surface area contributed by atoms with Crippen LogP contribution in [-0.2, 0) is 23.7 Å². The van der Waals surface area contributed by atoms with E-state index in [1.807, 2.05) is 13.8 Å². The maximum atomic E-state index is 13.6. The van der Waals surface area contributed by atoms with Crippen LogP contribution in [0.2, 0.25) is 0 Å². The van der Waals surface area contributed by atoms with Crippen molar-refractivity contribution >= 4 is 5.91 Å². The second-order valence-electron chi connectivity index (χ2n) is 19.4. The van der Waals surface area contributed by atoms with Gasteiger partial charge in [0, 0.05) is 39.1 Å². The number of nitrogens with zero attached hydrogens (tertiary/aromatic N) is 1. The lowest BCUT2D eigenvalue weighted by Gasteiger charge is -2.31. The van der Waals surface area contributed by atoms with Crippen molar-refractivity contribution < 1.29 is 23.7 Å². The Labute approximate surface area is 376 Å². The summed E-state index contributed by atoms with van der Waals surface area (Å²) in [6, 6.07) is 0.